The lowest BCUT2D eigenvalue weighted by Crippen LogP contribution is -2.78. The Labute approximate surface area is 364 Å². The van der Waals surface area contributed by atoms with E-state index in [0.717, 1.165) is 39.6 Å². The highest BCUT2D eigenvalue weighted by molar-refractivity contribution is 5.99. The van der Waals surface area contributed by atoms with Gasteiger partial charge in [0.2, 0.25) is 5.69 Å². The number of hydrogen-bond donors (Lipinski definition) is 0. The van der Waals surface area contributed by atoms with Crippen molar-refractivity contribution in [2.24, 2.45) is 0 Å². The molecule has 0 N–H and O–H groups in total. The van der Waals surface area contributed by atoms with Crippen molar-refractivity contribution in [2.45, 2.75) is 65.1 Å². The van der Waals surface area contributed by atoms with E-state index in [1.807, 2.05) is 0 Å². The molecule has 0 aliphatic carbocycles. The zero-order valence-electron chi connectivity index (χ0n) is 36.4. The van der Waals surface area contributed by atoms with Crippen molar-refractivity contribution in [1.29, 1.82) is 0 Å². The van der Waals surface area contributed by atoms with Crippen LogP contribution in [0.1, 0.15) is 63.8 Å². The van der Waals surface area contributed by atoms with E-state index >= 15 is 0 Å². The Morgan fingerprint density at radius 3 is 1.87 bits per heavy atom. The maximum atomic E-state index is 7.71. The summed E-state index contributed by atoms with van der Waals surface area (Å²) >= 11 is 0. The fourth-order valence-corrected chi connectivity index (χ4v) is 10.5. The third kappa shape index (κ3) is 5.07. The van der Waals surface area contributed by atoms with Crippen molar-refractivity contribution in [3.05, 3.63) is 192 Å². The number of hydrogen-bond acceptors (Lipinski definition) is 1. The van der Waals surface area contributed by atoms with Crippen molar-refractivity contribution >= 4 is 11.0 Å². The molecular weight excluding hydrogens is 755 g/mol. The van der Waals surface area contributed by atoms with Gasteiger partial charge in [-0.15, -0.1) is 9.13 Å². The molecule has 0 amide bonds. The van der Waals surface area contributed by atoms with E-state index in [4.69, 9.17) is 4.74 Å². The molecule has 4 heteroatoms. The molecule has 0 bridgehead atoms. The summed E-state index contributed by atoms with van der Waals surface area (Å²) in [6.07, 6.45) is 2.27. The Bertz CT molecular complexity index is 3330. The van der Waals surface area contributed by atoms with Gasteiger partial charge in [0.15, 0.2) is 17.2 Å². The van der Waals surface area contributed by atoms with E-state index in [9.17, 15) is 0 Å². The van der Waals surface area contributed by atoms with E-state index < -0.39 is 5.85 Å². The Hall–Kier alpha value is -7.04. The Morgan fingerprint density at radius 2 is 1.15 bits per heavy atom. The fraction of sp³-hybridized carbons (Fsp3) is 0.172. The zero-order valence-corrected chi connectivity index (χ0v) is 36.4. The summed E-state index contributed by atoms with van der Waals surface area (Å²) in [5.74, 6) is 0.916. The molecule has 3 aliphatic heterocycles. The first-order valence-corrected chi connectivity index (χ1v) is 21.9. The number of para-hydroxylation sites is 2. The molecule has 1 atom stereocenters. The van der Waals surface area contributed by atoms with E-state index in [-0.39, 0.29) is 10.8 Å². The van der Waals surface area contributed by atoms with Gasteiger partial charge in [0.25, 0.3) is 0 Å². The molecule has 0 saturated heterocycles. The highest BCUT2D eigenvalue weighted by Gasteiger charge is 2.68. The van der Waals surface area contributed by atoms with Crippen LogP contribution in [0, 0.1) is 6.92 Å². The quantitative estimate of drug-likeness (QED) is 0.162. The van der Waals surface area contributed by atoms with Crippen molar-refractivity contribution in [1.82, 2.24) is 4.57 Å². The second-order valence-electron chi connectivity index (χ2n) is 19.5. The number of fused-ring (bicyclic) bond motifs is 5. The molecule has 0 radical (unpaired) electrons. The molecule has 4 nitrogen and oxygen atoms in total. The summed E-state index contributed by atoms with van der Waals surface area (Å²) in [6, 6.07) is 60.7. The summed E-state index contributed by atoms with van der Waals surface area (Å²) in [6.45, 7) is 16.1. The zero-order chi connectivity index (χ0) is 42.3. The first-order chi connectivity index (χ1) is 29.9. The number of pyridine rings is 1. The molecule has 9 aromatic rings. The van der Waals surface area contributed by atoms with Crippen molar-refractivity contribution in [2.75, 3.05) is 0 Å². The number of aryl methyl sites for hydroxylation is 1. The van der Waals surface area contributed by atoms with Crippen molar-refractivity contribution < 1.29 is 13.9 Å². The van der Waals surface area contributed by atoms with Gasteiger partial charge >= 0.3 is 11.7 Å². The summed E-state index contributed by atoms with van der Waals surface area (Å²) < 4.78 is 15.2. The van der Waals surface area contributed by atoms with Crippen LogP contribution < -0.4 is 13.9 Å². The number of benzene rings is 7. The average molecular weight is 804 g/mol. The molecule has 7 aromatic carbocycles. The Kier molecular flexibility index (Phi) is 7.56. The van der Waals surface area contributed by atoms with E-state index in [2.05, 4.69) is 232 Å². The summed E-state index contributed by atoms with van der Waals surface area (Å²) in [5.41, 5.74) is 21.4. The number of aromatic nitrogens is 3. The first kappa shape index (κ1) is 36.8. The molecular formula is C58H49N3O+2. The van der Waals surface area contributed by atoms with Crippen LogP contribution in [-0.2, 0) is 16.7 Å². The lowest BCUT2D eigenvalue weighted by atomic mass is 9.80. The molecule has 12 rings (SSSR count). The number of nitrogens with zero attached hydrogens (tertiary/aromatic N) is 3. The lowest BCUT2D eigenvalue weighted by molar-refractivity contribution is -0.997. The Balaban J connectivity index is 1.24. The van der Waals surface area contributed by atoms with Crippen LogP contribution >= 0.6 is 0 Å². The lowest BCUT2D eigenvalue weighted by Gasteiger charge is -2.33. The van der Waals surface area contributed by atoms with Crippen LogP contribution in [-0.4, -0.2) is 4.57 Å². The maximum absolute atomic E-state index is 7.71. The minimum atomic E-state index is -1.03. The van der Waals surface area contributed by atoms with E-state index in [1.54, 1.807) is 0 Å². The van der Waals surface area contributed by atoms with E-state index in [1.165, 1.54) is 72.3 Å². The normalized spacial score (nSPS) is 15.5. The third-order valence-electron chi connectivity index (χ3n) is 13.6. The van der Waals surface area contributed by atoms with E-state index in [0.29, 0.717) is 0 Å². The molecule has 300 valence electrons. The van der Waals surface area contributed by atoms with Crippen molar-refractivity contribution in [3.63, 3.8) is 0 Å². The highest BCUT2D eigenvalue weighted by atomic mass is 16.5. The second kappa shape index (κ2) is 12.7. The molecule has 3 aliphatic rings. The maximum Gasteiger partial charge on any atom is 0.499 e. The van der Waals surface area contributed by atoms with Gasteiger partial charge < -0.3 is 4.74 Å². The third-order valence-corrected chi connectivity index (χ3v) is 13.6. The second-order valence-corrected chi connectivity index (χ2v) is 19.5. The molecule has 62 heavy (non-hydrogen) atoms. The summed E-state index contributed by atoms with van der Waals surface area (Å²) in [5, 5.41) is 0. The van der Waals surface area contributed by atoms with Crippen LogP contribution in [0.3, 0.4) is 0 Å². The van der Waals surface area contributed by atoms with Crippen LogP contribution in [0.4, 0.5) is 0 Å². The van der Waals surface area contributed by atoms with Gasteiger partial charge in [-0.1, -0.05) is 145 Å². The molecule has 5 heterocycles. The summed E-state index contributed by atoms with van der Waals surface area (Å²) in [7, 11) is 0. The fourth-order valence-electron chi connectivity index (χ4n) is 10.5. The van der Waals surface area contributed by atoms with Crippen molar-refractivity contribution in [3.8, 4) is 78.6 Å². The number of rotatable bonds is 4. The topological polar surface area (TPSA) is 21.9 Å². The predicted octanol–water partition coefficient (Wildman–Crippen LogP) is 13.3. The van der Waals surface area contributed by atoms with Crippen LogP contribution in [0.5, 0.6) is 5.75 Å². The minimum absolute atomic E-state index is 0.0439. The monoisotopic (exact) mass is 803 g/mol. The van der Waals surface area contributed by atoms with Gasteiger partial charge in [-0.05, 0) is 111 Å². The largest absolute Gasteiger partial charge is 0.499 e. The van der Waals surface area contributed by atoms with Gasteiger partial charge in [-0.2, -0.15) is 4.57 Å². The minimum Gasteiger partial charge on any atom is -0.392 e. The smallest absolute Gasteiger partial charge is 0.392 e. The van der Waals surface area contributed by atoms with Crippen LogP contribution in [0.2, 0.25) is 0 Å². The molecule has 0 fully saturated rings. The number of imidazole rings is 1. The van der Waals surface area contributed by atoms with Gasteiger partial charge in [-0.25, -0.2) is 0 Å². The van der Waals surface area contributed by atoms with Gasteiger partial charge in [0, 0.05) is 28.8 Å². The van der Waals surface area contributed by atoms with Crippen LogP contribution in [0.25, 0.3) is 83.9 Å². The average Bonchev–Trinajstić information content (AvgIpc) is 3.77. The van der Waals surface area contributed by atoms with Gasteiger partial charge in [0.05, 0.1) is 5.56 Å². The molecule has 2 aromatic heterocycles. The Morgan fingerprint density at radius 1 is 0.500 bits per heavy atom. The number of ether oxygens (including phenoxy) is 1. The predicted molar refractivity (Wildman–Crippen MR) is 252 cm³/mol. The standard InChI is InChI=1S/C58H49N3O/c1-36-31-46(39-25-27-41(28-26-39)56(2,3)4)51(35-45(36)38-19-12-9-13-20-38)60-49-23-16-22-43-47-33-42(57(5,6)7)34-48-50-32-40(37-17-10-8-11-18-37)29-30-59(50)58(53(47)48)61(54(43)49)55(60)44-21-14-15-24-52(44)62-58/h8-35H,1-7H3/q+2. The van der Waals surface area contributed by atoms with Gasteiger partial charge in [-0.3, -0.25) is 0 Å². The summed E-state index contributed by atoms with van der Waals surface area (Å²) in [4.78, 5) is 0. The SMILES string of the molecule is Cc1cc(-c2ccc(C(C)(C)C)cc2)c(-n2c3[n+]4c5c(cccc52)-c2cc(C(C)(C)C)cc5c2C4(Oc2ccccc2-3)[n+]2ccc(-c3ccccc3)cc2-5)cc1-c1ccccc1. The molecule has 1 unspecified atom stereocenters. The van der Waals surface area contributed by atoms with Crippen LogP contribution in [0.15, 0.2) is 170 Å². The molecule has 0 saturated carbocycles. The molecule has 1 spiro atoms. The highest BCUT2D eigenvalue weighted by Crippen LogP contribution is 2.54. The van der Waals surface area contributed by atoms with Gasteiger partial charge in [0.1, 0.15) is 22.6 Å². The first-order valence-electron chi connectivity index (χ1n) is 21.9.